The summed E-state index contributed by atoms with van der Waals surface area (Å²) in [5.74, 6) is -0.0359. The number of para-hydroxylation sites is 1. The van der Waals surface area contributed by atoms with Gasteiger partial charge in [0.2, 0.25) is 0 Å². The van der Waals surface area contributed by atoms with Crippen LogP contribution in [0.3, 0.4) is 0 Å². The molecule has 2 aromatic rings. The van der Waals surface area contributed by atoms with Gasteiger partial charge < -0.3 is 10.1 Å². The summed E-state index contributed by atoms with van der Waals surface area (Å²) < 4.78 is 43.9. The van der Waals surface area contributed by atoms with E-state index in [1.807, 2.05) is 0 Å². The van der Waals surface area contributed by atoms with Crippen molar-refractivity contribution in [1.29, 1.82) is 0 Å². The first-order valence-corrected chi connectivity index (χ1v) is 7.46. The van der Waals surface area contributed by atoms with E-state index in [0.29, 0.717) is 5.75 Å². The van der Waals surface area contributed by atoms with E-state index >= 15 is 0 Å². The van der Waals surface area contributed by atoms with Crippen molar-refractivity contribution in [2.75, 3.05) is 5.32 Å². The molecule has 0 heterocycles. The number of halogens is 4. The number of anilines is 1. The third-order valence-electron chi connectivity index (χ3n) is 2.96. The lowest BCUT2D eigenvalue weighted by Crippen LogP contribution is -2.30. The molecule has 0 aliphatic carbocycles. The fourth-order valence-electron chi connectivity index (χ4n) is 1.82. The van der Waals surface area contributed by atoms with Crippen molar-refractivity contribution >= 4 is 27.5 Å². The molecule has 0 bridgehead atoms. The molecule has 0 spiro atoms. The van der Waals surface area contributed by atoms with Gasteiger partial charge in [-0.3, -0.25) is 4.79 Å². The van der Waals surface area contributed by atoms with E-state index in [2.05, 4.69) is 21.2 Å². The van der Waals surface area contributed by atoms with Crippen molar-refractivity contribution in [2.24, 2.45) is 0 Å². The molecule has 0 aliphatic rings. The molecule has 1 atom stereocenters. The normalized spacial score (nSPS) is 12.6. The Bertz CT molecular complexity index is 689. The standard InChI is InChI=1S/C16H13BrF3NO2/c1-10(23-12-5-3-2-4-6-12)15(22)21-11-7-8-14(17)13(9-11)16(18,19)20/h2-10H,1H3,(H,21,22)/t10-/m1/s1. The van der Waals surface area contributed by atoms with E-state index < -0.39 is 23.8 Å². The number of ether oxygens (including phenoxy) is 1. The molecule has 122 valence electrons. The third-order valence-corrected chi connectivity index (χ3v) is 3.66. The van der Waals surface area contributed by atoms with Crippen LogP contribution in [-0.2, 0) is 11.0 Å². The average molecular weight is 388 g/mol. The first-order chi connectivity index (χ1) is 10.8. The minimum absolute atomic E-state index is 0.0500. The molecular formula is C16H13BrF3NO2. The van der Waals surface area contributed by atoms with Crippen LogP contribution in [0, 0.1) is 0 Å². The highest BCUT2D eigenvalue weighted by molar-refractivity contribution is 9.10. The molecule has 0 saturated carbocycles. The SMILES string of the molecule is C[C@@H](Oc1ccccc1)C(=O)Nc1ccc(Br)c(C(F)(F)F)c1. The number of rotatable bonds is 4. The topological polar surface area (TPSA) is 38.3 Å². The highest BCUT2D eigenvalue weighted by atomic mass is 79.9. The third kappa shape index (κ3) is 4.72. The number of benzene rings is 2. The minimum Gasteiger partial charge on any atom is -0.481 e. The van der Waals surface area contributed by atoms with Crippen molar-refractivity contribution < 1.29 is 22.7 Å². The molecule has 0 fully saturated rings. The van der Waals surface area contributed by atoms with Crippen molar-refractivity contribution in [1.82, 2.24) is 0 Å². The van der Waals surface area contributed by atoms with Crippen LogP contribution in [0.15, 0.2) is 53.0 Å². The molecule has 1 N–H and O–H groups in total. The maximum absolute atomic E-state index is 12.8. The van der Waals surface area contributed by atoms with Gasteiger partial charge in [-0.1, -0.05) is 34.1 Å². The molecule has 2 aromatic carbocycles. The maximum atomic E-state index is 12.8. The lowest BCUT2D eigenvalue weighted by molar-refractivity contribution is -0.138. The smallest absolute Gasteiger partial charge is 0.417 e. The molecule has 0 radical (unpaired) electrons. The Morgan fingerprint density at radius 1 is 1.17 bits per heavy atom. The number of hydrogen-bond donors (Lipinski definition) is 1. The van der Waals surface area contributed by atoms with Gasteiger partial charge in [0.25, 0.3) is 5.91 Å². The Labute approximate surface area is 139 Å². The monoisotopic (exact) mass is 387 g/mol. The molecule has 0 aliphatic heterocycles. The molecule has 0 unspecified atom stereocenters. The van der Waals surface area contributed by atoms with Crippen molar-refractivity contribution in [3.63, 3.8) is 0 Å². The van der Waals surface area contributed by atoms with Gasteiger partial charge in [-0.2, -0.15) is 13.2 Å². The van der Waals surface area contributed by atoms with E-state index in [-0.39, 0.29) is 10.2 Å². The molecule has 3 nitrogen and oxygen atoms in total. The van der Waals surface area contributed by atoms with Crippen molar-refractivity contribution in [3.05, 3.63) is 58.6 Å². The fourth-order valence-corrected chi connectivity index (χ4v) is 2.29. The first kappa shape index (κ1) is 17.3. The van der Waals surface area contributed by atoms with Crippen LogP contribution in [0.1, 0.15) is 12.5 Å². The number of alkyl halides is 3. The van der Waals surface area contributed by atoms with Gasteiger partial charge in [0.1, 0.15) is 5.75 Å². The van der Waals surface area contributed by atoms with Gasteiger partial charge in [-0.25, -0.2) is 0 Å². The molecule has 1 amide bonds. The molecule has 0 aromatic heterocycles. The van der Waals surface area contributed by atoms with Crippen molar-refractivity contribution in [3.8, 4) is 5.75 Å². The second-order valence-electron chi connectivity index (χ2n) is 4.75. The predicted octanol–water partition coefficient (Wildman–Crippen LogP) is 4.87. The van der Waals surface area contributed by atoms with Gasteiger partial charge >= 0.3 is 6.18 Å². The summed E-state index contributed by atoms with van der Waals surface area (Å²) in [6.07, 6.45) is -5.36. The van der Waals surface area contributed by atoms with Gasteiger partial charge in [0, 0.05) is 10.2 Å². The molecular weight excluding hydrogens is 375 g/mol. The largest absolute Gasteiger partial charge is 0.481 e. The Hall–Kier alpha value is -2.02. The number of carbonyl (C=O) groups excluding carboxylic acids is 1. The second kappa shape index (κ2) is 7.04. The zero-order valence-electron chi connectivity index (χ0n) is 12.0. The summed E-state index contributed by atoms with van der Waals surface area (Å²) in [6.45, 7) is 1.52. The summed E-state index contributed by atoms with van der Waals surface area (Å²) >= 11 is 2.85. The van der Waals surface area contributed by atoms with E-state index in [0.717, 1.165) is 6.07 Å². The highest BCUT2D eigenvalue weighted by Gasteiger charge is 2.33. The van der Waals surface area contributed by atoms with Gasteiger partial charge in [0.15, 0.2) is 6.10 Å². The predicted molar refractivity (Wildman–Crippen MR) is 84.3 cm³/mol. The van der Waals surface area contributed by atoms with E-state index in [4.69, 9.17) is 4.74 Å². The van der Waals surface area contributed by atoms with E-state index in [1.54, 1.807) is 30.3 Å². The summed E-state index contributed by atoms with van der Waals surface area (Å²) in [4.78, 5) is 12.0. The summed E-state index contributed by atoms with van der Waals surface area (Å²) in [6, 6.07) is 12.2. The lowest BCUT2D eigenvalue weighted by Gasteiger charge is -2.16. The zero-order valence-corrected chi connectivity index (χ0v) is 13.6. The second-order valence-corrected chi connectivity index (χ2v) is 5.61. The number of amides is 1. The number of carbonyl (C=O) groups is 1. The molecule has 0 saturated heterocycles. The van der Waals surface area contributed by atoms with Crippen LogP contribution < -0.4 is 10.1 Å². The number of nitrogens with one attached hydrogen (secondary N) is 1. The fraction of sp³-hybridized carbons (Fsp3) is 0.188. The van der Waals surface area contributed by atoms with Crippen LogP contribution >= 0.6 is 15.9 Å². The molecule has 7 heteroatoms. The Balaban J connectivity index is 2.08. The van der Waals surface area contributed by atoms with Crippen LogP contribution in [0.4, 0.5) is 18.9 Å². The summed E-state index contributed by atoms with van der Waals surface area (Å²) in [5.41, 5.74) is -0.805. The van der Waals surface area contributed by atoms with Gasteiger partial charge in [0.05, 0.1) is 5.56 Å². The van der Waals surface area contributed by atoms with Crippen LogP contribution in [0.25, 0.3) is 0 Å². The average Bonchev–Trinajstić information content (AvgIpc) is 2.49. The highest BCUT2D eigenvalue weighted by Crippen LogP contribution is 2.36. The van der Waals surface area contributed by atoms with Crippen LogP contribution in [0.2, 0.25) is 0 Å². The zero-order chi connectivity index (χ0) is 17.0. The van der Waals surface area contributed by atoms with E-state index in [1.165, 1.54) is 19.1 Å². The first-order valence-electron chi connectivity index (χ1n) is 6.66. The molecule has 2 rings (SSSR count). The van der Waals surface area contributed by atoms with E-state index in [9.17, 15) is 18.0 Å². The quantitative estimate of drug-likeness (QED) is 0.812. The lowest BCUT2D eigenvalue weighted by atomic mass is 10.2. The Morgan fingerprint density at radius 3 is 2.43 bits per heavy atom. The summed E-state index contributed by atoms with van der Waals surface area (Å²) in [7, 11) is 0. The minimum atomic E-state index is -4.51. The van der Waals surface area contributed by atoms with Gasteiger partial charge in [-0.15, -0.1) is 0 Å². The molecule has 23 heavy (non-hydrogen) atoms. The Kier molecular flexibility index (Phi) is 5.30. The number of hydrogen-bond acceptors (Lipinski definition) is 2. The van der Waals surface area contributed by atoms with Crippen molar-refractivity contribution in [2.45, 2.75) is 19.2 Å². The van der Waals surface area contributed by atoms with Crippen LogP contribution in [-0.4, -0.2) is 12.0 Å². The van der Waals surface area contributed by atoms with Gasteiger partial charge in [-0.05, 0) is 37.3 Å². The summed E-state index contributed by atoms with van der Waals surface area (Å²) in [5, 5.41) is 2.42. The maximum Gasteiger partial charge on any atom is 0.417 e. The Morgan fingerprint density at radius 2 is 1.83 bits per heavy atom. The van der Waals surface area contributed by atoms with Crippen LogP contribution in [0.5, 0.6) is 5.75 Å².